The summed E-state index contributed by atoms with van der Waals surface area (Å²) in [6.07, 6.45) is 5.68. The Bertz CT molecular complexity index is 1030. The molecular formula is C21H25N5O3. The van der Waals surface area contributed by atoms with Gasteiger partial charge in [0.1, 0.15) is 11.3 Å². The molecule has 3 aromatic heterocycles. The molecule has 0 aliphatic heterocycles. The Morgan fingerprint density at radius 2 is 2.14 bits per heavy atom. The van der Waals surface area contributed by atoms with Gasteiger partial charge in [0.25, 0.3) is 5.91 Å². The molecule has 152 valence electrons. The normalized spacial score (nSPS) is 18.4. The number of carbonyl (C=O) groups excluding carboxylic acids is 2. The number of nitrogens with zero attached hydrogens (tertiary/aromatic N) is 4. The molecular weight excluding hydrogens is 370 g/mol. The van der Waals surface area contributed by atoms with Crippen LogP contribution in [-0.4, -0.2) is 50.4 Å². The van der Waals surface area contributed by atoms with E-state index in [-0.39, 0.29) is 23.9 Å². The van der Waals surface area contributed by atoms with Gasteiger partial charge in [0.2, 0.25) is 5.91 Å². The molecule has 0 bridgehead atoms. The molecule has 29 heavy (non-hydrogen) atoms. The smallest absolute Gasteiger partial charge is 0.259 e. The van der Waals surface area contributed by atoms with Gasteiger partial charge < -0.3 is 14.6 Å². The van der Waals surface area contributed by atoms with Gasteiger partial charge in [-0.3, -0.25) is 9.59 Å². The highest BCUT2D eigenvalue weighted by molar-refractivity contribution is 5.99. The number of hydrogen-bond acceptors (Lipinski definition) is 5. The minimum Gasteiger partial charge on any atom is -0.469 e. The molecule has 1 aliphatic rings. The summed E-state index contributed by atoms with van der Waals surface area (Å²) in [6.45, 7) is 3.85. The minimum atomic E-state index is -0.0925. The molecule has 0 unspecified atom stereocenters. The van der Waals surface area contributed by atoms with Crippen LogP contribution in [0, 0.1) is 13.8 Å². The molecule has 0 radical (unpaired) electrons. The van der Waals surface area contributed by atoms with Gasteiger partial charge in [0.15, 0.2) is 5.65 Å². The number of nitrogens with one attached hydrogen (secondary N) is 1. The van der Waals surface area contributed by atoms with E-state index in [0.717, 1.165) is 30.0 Å². The van der Waals surface area contributed by atoms with E-state index in [2.05, 4.69) is 15.4 Å². The fourth-order valence-electron chi connectivity index (χ4n) is 3.79. The Morgan fingerprint density at radius 1 is 1.34 bits per heavy atom. The predicted molar refractivity (Wildman–Crippen MR) is 107 cm³/mol. The Hall–Kier alpha value is -3.16. The fraction of sp³-hybridized carbons (Fsp3) is 0.429. The third-order valence-electron chi connectivity index (χ3n) is 5.53. The summed E-state index contributed by atoms with van der Waals surface area (Å²) < 4.78 is 6.94. The minimum absolute atomic E-state index is 0.0107. The van der Waals surface area contributed by atoms with Gasteiger partial charge in [0.05, 0.1) is 12.5 Å². The van der Waals surface area contributed by atoms with Gasteiger partial charge in [0, 0.05) is 43.4 Å². The number of fused-ring (bicyclic) bond motifs is 1. The topological polar surface area (TPSA) is 92.7 Å². The van der Waals surface area contributed by atoms with Crippen molar-refractivity contribution in [2.45, 2.75) is 51.6 Å². The number of rotatable bonds is 6. The molecule has 3 aromatic rings. The average molecular weight is 395 g/mol. The summed E-state index contributed by atoms with van der Waals surface area (Å²) >= 11 is 0. The Morgan fingerprint density at radius 3 is 2.86 bits per heavy atom. The van der Waals surface area contributed by atoms with Crippen molar-refractivity contribution in [2.75, 3.05) is 7.05 Å². The second-order valence-electron chi connectivity index (χ2n) is 7.72. The van der Waals surface area contributed by atoms with Crippen molar-refractivity contribution in [3.05, 3.63) is 53.4 Å². The molecule has 1 fully saturated rings. The van der Waals surface area contributed by atoms with Crippen molar-refractivity contribution >= 4 is 17.5 Å². The lowest BCUT2D eigenvalue weighted by atomic mass is 9.85. The predicted octanol–water partition coefficient (Wildman–Crippen LogP) is 2.29. The zero-order valence-corrected chi connectivity index (χ0v) is 16.9. The van der Waals surface area contributed by atoms with Crippen LogP contribution >= 0.6 is 0 Å². The van der Waals surface area contributed by atoms with Gasteiger partial charge in [-0.1, -0.05) is 0 Å². The second-order valence-corrected chi connectivity index (χ2v) is 7.72. The lowest BCUT2D eigenvalue weighted by Crippen LogP contribution is -2.54. The summed E-state index contributed by atoms with van der Waals surface area (Å²) in [4.78, 5) is 31.3. The molecule has 3 heterocycles. The van der Waals surface area contributed by atoms with Gasteiger partial charge in [-0.05, 0) is 44.9 Å². The summed E-state index contributed by atoms with van der Waals surface area (Å²) in [7, 11) is 1.80. The highest BCUT2D eigenvalue weighted by atomic mass is 16.3. The average Bonchev–Trinajstić information content (AvgIpc) is 3.31. The SMILES string of the molecule is Cc1cc(C)n2ncc(C(=O)N(C)C3CC(NC(=O)CCc4ccco4)C3)c2n1. The van der Waals surface area contributed by atoms with Gasteiger partial charge >= 0.3 is 0 Å². The molecule has 0 spiro atoms. The van der Waals surface area contributed by atoms with Crippen LogP contribution in [0.1, 0.15) is 46.8 Å². The molecule has 1 saturated carbocycles. The number of furan rings is 1. The first-order valence-electron chi connectivity index (χ1n) is 9.83. The standard InChI is InChI=1S/C21H25N5O3/c1-13-9-14(2)26-20(23-13)18(12-22-26)21(28)25(3)16-10-15(11-16)24-19(27)7-6-17-5-4-8-29-17/h4-5,8-9,12,15-16H,6-7,10-11H2,1-3H3,(H,24,27). The van der Waals surface area contributed by atoms with E-state index in [1.807, 2.05) is 32.0 Å². The lowest BCUT2D eigenvalue weighted by Gasteiger charge is -2.41. The van der Waals surface area contributed by atoms with Crippen LogP contribution in [0.4, 0.5) is 0 Å². The van der Waals surface area contributed by atoms with Gasteiger partial charge in [-0.25, -0.2) is 9.50 Å². The van der Waals surface area contributed by atoms with Crippen molar-refractivity contribution in [1.29, 1.82) is 0 Å². The Balaban J connectivity index is 1.32. The Labute approximate surface area is 168 Å². The maximum absolute atomic E-state index is 13.0. The van der Waals surface area contributed by atoms with E-state index in [9.17, 15) is 9.59 Å². The third kappa shape index (κ3) is 3.87. The molecule has 0 saturated heterocycles. The van der Waals surface area contributed by atoms with Crippen LogP contribution in [0.25, 0.3) is 5.65 Å². The van der Waals surface area contributed by atoms with E-state index in [1.54, 1.807) is 28.9 Å². The first kappa shape index (κ1) is 19.2. The highest BCUT2D eigenvalue weighted by Crippen LogP contribution is 2.27. The van der Waals surface area contributed by atoms with E-state index in [0.29, 0.717) is 24.1 Å². The zero-order chi connectivity index (χ0) is 20.5. The molecule has 1 aliphatic carbocycles. The summed E-state index contributed by atoms with van der Waals surface area (Å²) in [5.41, 5.74) is 2.88. The molecule has 8 heteroatoms. The van der Waals surface area contributed by atoms with Crippen molar-refractivity contribution in [3.63, 3.8) is 0 Å². The van der Waals surface area contributed by atoms with Crippen LogP contribution < -0.4 is 5.32 Å². The second kappa shape index (κ2) is 7.69. The number of aryl methyl sites for hydroxylation is 3. The van der Waals surface area contributed by atoms with Crippen LogP contribution in [0.5, 0.6) is 0 Å². The zero-order valence-electron chi connectivity index (χ0n) is 16.9. The monoisotopic (exact) mass is 395 g/mol. The molecule has 4 rings (SSSR count). The highest BCUT2D eigenvalue weighted by Gasteiger charge is 2.36. The van der Waals surface area contributed by atoms with E-state index < -0.39 is 0 Å². The summed E-state index contributed by atoms with van der Waals surface area (Å²) in [5.74, 6) is 0.728. The molecule has 8 nitrogen and oxygen atoms in total. The van der Waals surface area contributed by atoms with Crippen molar-refractivity contribution in [2.24, 2.45) is 0 Å². The first-order valence-corrected chi connectivity index (χ1v) is 9.83. The lowest BCUT2D eigenvalue weighted by molar-refractivity contribution is -0.122. The summed E-state index contributed by atoms with van der Waals surface area (Å²) in [5, 5.41) is 7.34. The number of hydrogen-bond donors (Lipinski definition) is 1. The molecule has 1 N–H and O–H groups in total. The fourth-order valence-corrected chi connectivity index (χ4v) is 3.79. The van der Waals surface area contributed by atoms with Crippen LogP contribution in [-0.2, 0) is 11.2 Å². The first-order chi connectivity index (χ1) is 13.9. The summed E-state index contributed by atoms with van der Waals surface area (Å²) in [6, 6.07) is 5.82. The maximum Gasteiger partial charge on any atom is 0.259 e. The molecule has 0 aromatic carbocycles. The van der Waals surface area contributed by atoms with Crippen LogP contribution in [0.2, 0.25) is 0 Å². The van der Waals surface area contributed by atoms with E-state index in [1.165, 1.54) is 0 Å². The van der Waals surface area contributed by atoms with Crippen LogP contribution in [0.15, 0.2) is 35.1 Å². The van der Waals surface area contributed by atoms with Crippen molar-refractivity contribution in [1.82, 2.24) is 24.8 Å². The number of aromatic nitrogens is 3. The van der Waals surface area contributed by atoms with E-state index in [4.69, 9.17) is 4.42 Å². The van der Waals surface area contributed by atoms with Gasteiger partial charge in [-0.15, -0.1) is 0 Å². The quantitative estimate of drug-likeness (QED) is 0.691. The van der Waals surface area contributed by atoms with E-state index >= 15 is 0 Å². The van der Waals surface area contributed by atoms with Crippen molar-refractivity contribution in [3.8, 4) is 0 Å². The maximum atomic E-state index is 13.0. The van der Waals surface area contributed by atoms with Crippen LogP contribution in [0.3, 0.4) is 0 Å². The number of carbonyl (C=O) groups is 2. The van der Waals surface area contributed by atoms with Crippen molar-refractivity contribution < 1.29 is 14.0 Å². The third-order valence-corrected chi connectivity index (χ3v) is 5.53. The number of amides is 2. The van der Waals surface area contributed by atoms with Gasteiger partial charge in [-0.2, -0.15) is 5.10 Å². The Kier molecular flexibility index (Phi) is 5.08. The molecule has 0 atom stereocenters. The molecule has 2 amide bonds. The largest absolute Gasteiger partial charge is 0.469 e.